The number of carbonyl (C=O) groups is 1. The van der Waals surface area contributed by atoms with Gasteiger partial charge in [0.2, 0.25) is 0 Å². The van der Waals surface area contributed by atoms with Gasteiger partial charge in [-0.1, -0.05) is 46.9 Å². The molecule has 0 N–H and O–H groups in total. The summed E-state index contributed by atoms with van der Waals surface area (Å²) in [6.07, 6.45) is 0.555. The van der Waals surface area contributed by atoms with Gasteiger partial charge in [0.05, 0.1) is 0 Å². The Kier molecular flexibility index (Phi) is 4.49. The van der Waals surface area contributed by atoms with E-state index in [1.165, 1.54) is 5.56 Å². The molecule has 0 atom stereocenters. The first-order chi connectivity index (χ1) is 5.74. The smallest absolute Gasteiger partial charge is 0.196 e. The largest absolute Gasteiger partial charge is 0.287 e. The van der Waals surface area contributed by atoms with E-state index < -0.39 is 0 Å². The molecule has 64 valence electrons. The van der Waals surface area contributed by atoms with Gasteiger partial charge in [0.25, 0.3) is 0 Å². The molecule has 0 bridgehead atoms. The maximum absolute atomic E-state index is 10.9. The fourth-order valence-electron chi connectivity index (χ4n) is 1.01. The van der Waals surface area contributed by atoms with Crippen LogP contribution in [0.2, 0.25) is 0 Å². The molecule has 0 fully saturated rings. The van der Waals surface area contributed by atoms with Crippen molar-refractivity contribution in [2.24, 2.45) is 0 Å². The minimum atomic E-state index is 0.199. The minimum Gasteiger partial charge on any atom is -0.287 e. The standard InChI is InChI=1S/C9H8I2O/c10-6-8-4-2-1-3-7(8)5-9(11)12/h1-4H,5-6H2. The highest BCUT2D eigenvalue weighted by molar-refractivity contribution is 14.1. The summed E-state index contributed by atoms with van der Waals surface area (Å²) in [7, 11) is 0. The SMILES string of the molecule is O=C(I)Cc1ccccc1CI. The van der Waals surface area contributed by atoms with Gasteiger partial charge in [0.1, 0.15) is 0 Å². The number of hydrogen-bond acceptors (Lipinski definition) is 1. The van der Waals surface area contributed by atoms with Gasteiger partial charge in [0.15, 0.2) is 3.79 Å². The average molecular weight is 386 g/mol. The zero-order valence-electron chi connectivity index (χ0n) is 6.39. The molecule has 0 saturated carbocycles. The zero-order valence-corrected chi connectivity index (χ0v) is 10.7. The van der Waals surface area contributed by atoms with Crippen LogP contribution in [0.3, 0.4) is 0 Å². The van der Waals surface area contributed by atoms with E-state index in [1.54, 1.807) is 0 Å². The van der Waals surface area contributed by atoms with Gasteiger partial charge in [-0.2, -0.15) is 0 Å². The molecule has 1 aromatic carbocycles. The molecule has 1 nitrogen and oxygen atoms in total. The molecule has 0 aromatic heterocycles. The Labute approximate surface area is 99.2 Å². The molecule has 0 aliphatic heterocycles. The summed E-state index contributed by atoms with van der Waals surface area (Å²) >= 11 is 4.15. The summed E-state index contributed by atoms with van der Waals surface area (Å²) in [6, 6.07) is 8.08. The Morgan fingerprint density at radius 2 is 1.83 bits per heavy atom. The summed E-state index contributed by atoms with van der Waals surface area (Å²) in [4.78, 5) is 10.9. The van der Waals surface area contributed by atoms with Crippen molar-refractivity contribution in [3.05, 3.63) is 35.4 Å². The molecule has 12 heavy (non-hydrogen) atoms. The topological polar surface area (TPSA) is 17.1 Å². The summed E-state index contributed by atoms with van der Waals surface area (Å²) in [5, 5.41) is 0. The number of alkyl halides is 1. The van der Waals surface area contributed by atoms with Crippen molar-refractivity contribution in [2.45, 2.75) is 10.8 Å². The van der Waals surface area contributed by atoms with Gasteiger partial charge in [-0.05, 0) is 33.7 Å². The fourth-order valence-corrected chi connectivity index (χ4v) is 2.17. The monoisotopic (exact) mass is 386 g/mol. The molecule has 0 amide bonds. The van der Waals surface area contributed by atoms with E-state index in [9.17, 15) is 4.79 Å². The van der Waals surface area contributed by atoms with Gasteiger partial charge >= 0.3 is 0 Å². The third-order valence-electron chi connectivity index (χ3n) is 1.59. The van der Waals surface area contributed by atoms with Gasteiger partial charge in [-0.3, -0.25) is 4.79 Å². The molecule has 0 aliphatic rings. The molecule has 3 heteroatoms. The number of hydrogen-bond donors (Lipinski definition) is 0. The van der Waals surface area contributed by atoms with Gasteiger partial charge in [-0.25, -0.2) is 0 Å². The van der Waals surface area contributed by atoms with E-state index in [4.69, 9.17) is 0 Å². The molecule has 0 radical (unpaired) electrons. The third-order valence-corrected chi connectivity index (χ3v) is 2.79. The van der Waals surface area contributed by atoms with Crippen LogP contribution in [-0.4, -0.2) is 3.79 Å². The van der Waals surface area contributed by atoms with Gasteiger partial charge in [-0.15, -0.1) is 0 Å². The maximum Gasteiger partial charge on any atom is 0.196 e. The Hall–Kier alpha value is 0.350. The number of rotatable bonds is 3. The van der Waals surface area contributed by atoms with Crippen LogP contribution in [0.15, 0.2) is 24.3 Å². The Balaban J connectivity index is 2.89. The Bertz CT molecular complexity index is 284. The van der Waals surface area contributed by atoms with Crippen molar-refractivity contribution in [1.82, 2.24) is 0 Å². The lowest BCUT2D eigenvalue weighted by atomic mass is 10.1. The quantitative estimate of drug-likeness (QED) is 0.444. The van der Waals surface area contributed by atoms with E-state index in [-0.39, 0.29) is 3.79 Å². The first-order valence-electron chi connectivity index (χ1n) is 3.55. The summed E-state index contributed by atoms with van der Waals surface area (Å²) in [5.74, 6) is 0. The van der Waals surface area contributed by atoms with E-state index >= 15 is 0 Å². The van der Waals surface area contributed by atoms with E-state index in [1.807, 2.05) is 40.8 Å². The highest BCUT2D eigenvalue weighted by atomic mass is 127. The number of benzene rings is 1. The molecular weight excluding hydrogens is 378 g/mol. The van der Waals surface area contributed by atoms with Crippen LogP contribution in [0.5, 0.6) is 0 Å². The van der Waals surface area contributed by atoms with Crippen molar-refractivity contribution in [2.75, 3.05) is 0 Å². The molecule has 1 rings (SSSR count). The van der Waals surface area contributed by atoms with Crippen LogP contribution in [0.1, 0.15) is 11.1 Å². The van der Waals surface area contributed by atoms with Crippen LogP contribution in [0, 0.1) is 0 Å². The first-order valence-corrected chi connectivity index (χ1v) is 6.15. The molecule has 0 aliphatic carbocycles. The van der Waals surface area contributed by atoms with Crippen LogP contribution in [0.4, 0.5) is 0 Å². The van der Waals surface area contributed by atoms with E-state index in [0.29, 0.717) is 6.42 Å². The van der Waals surface area contributed by atoms with Crippen molar-refractivity contribution >= 4 is 49.0 Å². The first kappa shape index (κ1) is 10.4. The molecular formula is C9H8I2O. The second-order valence-corrected chi connectivity index (χ2v) is 4.40. The van der Waals surface area contributed by atoms with Crippen molar-refractivity contribution in [3.8, 4) is 0 Å². The number of carbonyl (C=O) groups excluding carboxylic acids is 1. The average Bonchev–Trinajstić information content (AvgIpc) is 2.04. The fraction of sp³-hybridized carbons (Fsp3) is 0.222. The lowest BCUT2D eigenvalue weighted by Gasteiger charge is -2.02. The Morgan fingerprint density at radius 1 is 1.25 bits per heavy atom. The number of halogens is 2. The molecule has 0 heterocycles. The normalized spacial score (nSPS) is 9.83. The summed E-state index contributed by atoms with van der Waals surface area (Å²) in [5.41, 5.74) is 2.43. The summed E-state index contributed by atoms with van der Waals surface area (Å²) < 4.78 is 1.17. The highest BCUT2D eigenvalue weighted by Gasteiger charge is 2.02. The molecule has 0 spiro atoms. The third kappa shape index (κ3) is 3.01. The van der Waals surface area contributed by atoms with Gasteiger partial charge in [0, 0.05) is 10.8 Å². The molecule has 1 aromatic rings. The van der Waals surface area contributed by atoms with Crippen LogP contribution < -0.4 is 0 Å². The van der Waals surface area contributed by atoms with Crippen LogP contribution in [-0.2, 0) is 15.6 Å². The Morgan fingerprint density at radius 3 is 2.33 bits per heavy atom. The summed E-state index contributed by atoms with van der Waals surface area (Å²) in [6.45, 7) is 0. The minimum absolute atomic E-state index is 0.199. The van der Waals surface area contributed by atoms with Crippen molar-refractivity contribution in [3.63, 3.8) is 0 Å². The lowest BCUT2D eigenvalue weighted by Crippen LogP contribution is -1.96. The van der Waals surface area contributed by atoms with Crippen LogP contribution in [0.25, 0.3) is 0 Å². The second-order valence-electron chi connectivity index (χ2n) is 2.43. The second kappa shape index (κ2) is 5.16. The van der Waals surface area contributed by atoms with Crippen molar-refractivity contribution < 1.29 is 4.79 Å². The van der Waals surface area contributed by atoms with E-state index in [0.717, 1.165) is 9.99 Å². The predicted molar refractivity (Wildman–Crippen MR) is 66.9 cm³/mol. The zero-order chi connectivity index (χ0) is 8.97. The predicted octanol–water partition coefficient (Wildman–Crippen LogP) is 3.13. The van der Waals surface area contributed by atoms with Crippen molar-refractivity contribution in [1.29, 1.82) is 0 Å². The van der Waals surface area contributed by atoms with Crippen LogP contribution >= 0.6 is 45.2 Å². The lowest BCUT2D eigenvalue weighted by molar-refractivity contribution is -0.108. The molecule has 0 unspecified atom stereocenters. The van der Waals surface area contributed by atoms with E-state index in [2.05, 4.69) is 28.7 Å². The van der Waals surface area contributed by atoms with Gasteiger partial charge < -0.3 is 0 Å². The highest BCUT2D eigenvalue weighted by Crippen LogP contribution is 2.14. The maximum atomic E-state index is 10.9. The molecule has 0 saturated heterocycles.